The minimum Gasteiger partial charge on any atom is -0.337 e. The molecule has 7 heteroatoms. The van der Waals surface area contributed by atoms with Crippen LogP contribution in [0.5, 0.6) is 0 Å². The van der Waals surface area contributed by atoms with E-state index >= 15 is 0 Å². The van der Waals surface area contributed by atoms with Crippen LogP contribution in [-0.2, 0) is 13.6 Å². The summed E-state index contributed by atoms with van der Waals surface area (Å²) in [5.74, 6) is 1.20. The van der Waals surface area contributed by atoms with Crippen LogP contribution in [0, 0.1) is 0 Å². The largest absolute Gasteiger partial charge is 0.337 e. The summed E-state index contributed by atoms with van der Waals surface area (Å²) in [7, 11) is 1.56. The molecule has 7 nitrogen and oxygen atoms in total. The third kappa shape index (κ3) is 3.81. The molecule has 0 spiro atoms. The number of rotatable bonds is 5. The lowest BCUT2D eigenvalue weighted by molar-refractivity contribution is 0.0694. The minimum absolute atomic E-state index is 0.119. The summed E-state index contributed by atoms with van der Waals surface area (Å²) in [4.78, 5) is 30.6. The van der Waals surface area contributed by atoms with E-state index < -0.39 is 0 Å². The number of amides is 1. The van der Waals surface area contributed by atoms with Gasteiger partial charge in [0.25, 0.3) is 11.5 Å². The van der Waals surface area contributed by atoms with Gasteiger partial charge in [0.1, 0.15) is 11.5 Å². The van der Waals surface area contributed by atoms with Gasteiger partial charge in [-0.2, -0.15) is 5.10 Å². The van der Waals surface area contributed by atoms with Crippen LogP contribution in [0.25, 0.3) is 0 Å². The second kappa shape index (κ2) is 7.63. The van der Waals surface area contributed by atoms with Crippen molar-refractivity contribution in [2.45, 2.75) is 45.1 Å². The highest BCUT2D eigenvalue weighted by atomic mass is 16.2. The van der Waals surface area contributed by atoms with Crippen molar-refractivity contribution < 1.29 is 4.79 Å². The lowest BCUT2D eigenvalue weighted by Gasteiger charge is -2.32. The molecule has 3 rings (SSSR count). The fraction of sp³-hybridized carbons (Fsp3) is 0.556. The zero-order valence-corrected chi connectivity index (χ0v) is 14.9. The molecule has 0 bridgehead atoms. The zero-order valence-electron chi connectivity index (χ0n) is 14.9. The maximum Gasteiger partial charge on any atom is 0.274 e. The quantitative estimate of drug-likeness (QED) is 0.830. The number of nitrogens with zero attached hydrogens (tertiary/aromatic N) is 5. The molecule has 2 aromatic rings. The molecule has 1 amide bonds. The van der Waals surface area contributed by atoms with Crippen molar-refractivity contribution in [3.63, 3.8) is 0 Å². The van der Waals surface area contributed by atoms with E-state index in [1.165, 1.54) is 16.8 Å². The highest BCUT2D eigenvalue weighted by Crippen LogP contribution is 2.26. The van der Waals surface area contributed by atoms with Crippen LogP contribution in [-0.4, -0.2) is 43.2 Å². The monoisotopic (exact) mass is 343 g/mol. The summed E-state index contributed by atoms with van der Waals surface area (Å²) < 4.78 is 3.42. The third-order valence-electron chi connectivity index (χ3n) is 4.75. The molecule has 0 aliphatic carbocycles. The molecule has 0 N–H and O–H groups in total. The summed E-state index contributed by atoms with van der Waals surface area (Å²) in [6.45, 7) is 4.51. The topological polar surface area (TPSA) is 73.0 Å². The van der Waals surface area contributed by atoms with Crippen molar-refractivity contribution in [1.82, 2.24) is 24.2 Å². The van der Waals surface area contributed by atoms with E-state index in [0.717, 1.165) is 44.6 Å². The van der Waals surface area contributed by atoms with Crippen LogP contribution in [0.1, 0.15) is 54.8 Å². The molecule has 0 unspecified atom stereocenters. The molecule has 0 aromatic carbocycles. The summed E-state index contributed by atoms with van der Waals surface area (Å²) in [5.41, 5.74) is 0.100. The number of aryl methyl sites for hydroxylation is 2. The van der Waals surface area contributed by atoms with Gasteiger partial charge < -0.3 is 9.47 Å². The number of hydrogen-bond acceptors (Lipinski definition) is 4. The van der Waals surface area contributed by atoms with Crippen molar-refractivity contribution in [3.8, 4) is 0 Å². The van der Waals surface area contributed by atoms with E-state index in [1.807, 2.05) is 17.3 Å². The molecule has 134 valence electrons. The summed E-state index contributed by atoms with van der Waals surface area (Å²) >= 11 is 0. The van der Waals surface area contributed by atoms with Gasteiger partial charge in [0.15, 0.2) is 0 Å². The van der Waals surface area contributed by atoms with Gasteiger partial charge in [-0.15, -0.1) is 0 Å². The minimum atomic E-state index is -0.217. The highest BCUT2D eigenvalue weighted by molar-refractivity contribution is 5.92. The van der Waals surface area contributed by atoms with E-state index in [-0.39, 0.29) is 17.4 Å². The number of hydrogen-bond donors (Lipinski definition) is 0. The Balaban J connectivity index is 1.74. The Morgan fingerprint density at radius 1 is 1.36 bits per heavy atom. The van der Waals surface area contributed by atoms with Crippen LogP contribution in [0.3, 0.4) is 0 Å². The number of likely N-dealkylation sites (tertiary alicyclic amines) is 1. The second-order valence-electron chi connectivity index (χ2n) is 6.60. The van der Waals surface area contributed by atoms with Crippen molar-refractivity contribution in [2.75, 3.05) is 13.1 Å². The molecule has 1 aliphatic rings. The maximum absolute atomic E-state index is 12.8. The molecule has 3 heterocycles. The van der Waals surface area contributed by atoms with E-state index in [0.29, 0.717) is 12.2 Å². The van der Waals surface area contributed by atoms with Gasteiger partial charge >= 0.3 is 0 Å². The average molecular weight is 343 g/mol. The number of carbonyl (C=O) groups is 1. The molecular weight excluding hydrogens is 318 g/mol. The molecule has 1 saturated heterocycles. The lowest BCUT2D eigenvalue weighted by atomic mass is 9.96. The van der Waals surface area contributed by atoms with E-state index in [4.69, 9.17) is 0 Å². The Morgan fingerprint density at radius 2 is 2.20 bits per heavy atom. The van der Waals surface area contributed by atoms with Crippen LogP contribution < -0.4 is 5.56 Å². The molecule has 0 radical (unpaired) electrons. The molecule has 1 fully saturated rings. The van der Waals surface area contributed by atoms with E-state index in [9.17, 15) is 9.59 Å². The lowest BCUT2D eigenvalue weighted by Crippen LogP contribution is -2.40. The SMILES string of the molecule is CCCCn1ccnc1[C@H]1CCCN(C(=O)c2ccc(=O)n(C)n2)C1. The normalized spacial score (nSPS) is 17.7. The molecule has 25 heavy (non-hydrogen) atoms. The highest BCUT2D eigenvalue weighted by Gasteiger charge is 2.28. The maximum atomic E-state index is 12.8. The first-order valence-electron chi connectivity index (χ1n) is 8.94. The Hall–Kier alpha value is -2.44. The molecule has 1 aliphatic heterocycles. The van der Waals surface area contributed by atoms with Crippen LogP contribution in [0.2, 0.25) is 0 Å². The van der Waals surface area contributed by atoms with Gasteiger partial charge in [0.2, 0.25) is 0 Å². The summed E-state index contributed by atoms with van der Waals surface area (Å²) in [5, 5.41) is 4.09. The number of piperidine rings is 1. The van der Waals surface area contributed by atoms with E-state index in [1.54, 1.807) is 7.05 Å². The van der Waals surface area contributed by atoms with Crippen LogP contribution in [0.15, 0.2) is 29.3 Å². The van der Waals surface area contributed by atoms with Gasteiger partial charge in [-0.1, -0.05) is 13.3 Å². The van der Waals surface area contributed by atoms with Crippen molar-refractivity contribution in [2.24, 2.45) is 7.05 Å². The summed E-state index contributed by atoms with van der Waals surface area (Å²) in [6, 6.07) is 2.90. The fourth-order valence-electron chi connectivity index (χ4n) is 3.35. The fourth-order valence-corrected chi connectivity index (χ4v) is 3.35. The first kappa shape index (κ1) is 17.4. The van der Waals surface area contributed by atoms with Gasteiger partial charge in [0, 0.05) is 51.1 Å². The Morgan fingerprint density at radius 3 is 2.96 bits per heavy atom. The Labute approximate surface area is 147 Å². The molecule has 1 atom stereocenters. The Kier molecular flexibility index (Phi) is 5.31. The number of carbonyl (C=O) groups excluding carboxylic acids is 1. The standard InChI is InChI=1S/C18H25N5O2/c1-3-4-10-22-12-9-19-17(22)14-6-5-11-23(13-14)18(25)15-7-8-16(24)21(2)20-15/h7-9,12,14H,3-6,10-11,13H2,1-2H3/t14-/m0/s1. The molecule has 2 aromatic heterocycles. The predicted molar refractivity (Wildman–Crippen MR) is 94.5 cm³/mol. The van der Waals surface area contributed by atoms with Gasteiger partial charge in [-0.05, 0) is 25.3 Å². The van der Waals surface area contributed by atoms with Crippen molar-refractivity contribution in [3.05, 3.63) is 46.4 Å². The number of imidazole rings is 1. The average Bonchev–Trinajstić information content (AvgIpc) is 3.10. The first-order valence-corrected chi connectivity index (χ1v) is 8.94. The predicted octanol–water partition coefficient (Wildman–Crippen LogP) is 1.80. The van der Waals surface area contributed by atoms with Gasteiger partial charge in [0.05, 0.1) is 0 Å². The van der Waals surface area contributed by atoms with Crippen LogP contribution in [0.4, 0.5) is 0 Å². The smallest absolute Gasteiger partial charge is 0.274 e. The number of aromatic nitrogens is 4. The Bertz CT molecular complexity index is 795. The van der Waals surface area contributed by atoms with Gasteiger partial charge in [-0.3, -0.25) is 9.59 Å². The van der Waals surface area contributed by atoms with E-state index in [2.05, 4.69) is 21.6 Å². The molecular formula is C18H25N5O2. The zero-order chi connectivity index (χ0) is 17.8. The second-order valence-corrected chi connectivity index (χ2v) is 6.60. The summed E-state index contributed by atoms with van der Waals surface area (Å²) in [6.07, 6.45) is 8.13. The van der Waals surface area contributed by atoms with Crippen LogP contribution >= 0.6 is 0 Å². The molecule has 0 saturated carbocycles. The number of unbranched alkanes of at least 4 members (excludes halogenated alkanes) is 1. The van der Waals surface area contributed by atoms with Crippen molar-refractivity contribution >= 4 is 5.91 Å². The first-order chi connectivity index (χ1) is 12.1. The van der Waals surface area contributed by atoms with Crippen molar-refractivity contribution in [1.29, 1.82) is 0 Å². The third-order valence-corrected chi connectivity index (χ3v) is 4.75. The van der Waals surface area contributed by atoms with Gasteiger partial charge in [-0.25, -0.2) is 9.67 Å².